The lowest BCUT2D eigenvalue weighted by atomic mass is 10.0. The Morgan fingerprint density at radius 2 is 2.10 bits per heavy atom. The normalized spacial score (nSPS) is 18.0. The summed E-state index contributed by atoms with van der Waals surface area (Å²) in [4.78, 5) is 22.4. The molecule has 0 radical (unpaired) electrons. The average molecular weight is 322 g/mol. The van der Waals surface area contributed by atoms with Crippen LogP contribution in [0, 0.1) is 0 Å². The minimum atomic E-state index is -0.100. The topological polar surface area (TPSA) is 46.1 Å². The van der Waals surface area contributed by atoms with Gasteiger partial charge in [-0.1, -0.05) is 29.3 Å². The first-order valence-electron chi connectivity index (χ1n) is 6.69. The Morgan fingerprint density at radius 3 is 2.81 bits per heavy atom. The van der Waals surface area contributed by atoms with Gasteiger partial charge in [0.25, 0.3) is 5.91 Å². The van der Waals surface area contributed by atoms with E-state index in [-0.39, 0.29) is 11.9 Å². The van der Waals surface area contributed by atoms with Gasteiger partial charge in [-0.2, -0.15) is 0 Å². The van der Waals surface area contributed by atoms with Crippen molar-refractivity contribution in [3.8, 4) is 0 Å². The summed E-state index contributed by atoms with van der Waals surface area (Å²) in [6, 6.07) is 5.52. The lowest BCUT2D eigenvalue weighted by Gasteiger charge is -2.25. The molecule has 1 aliphatic heterocycles. The second kappa shape index (κ2) is 6.00. The zero-order chi connectivity index (χ0) is 14.8. The lowest BCUT2D eigenvalue weighted by Crippen LogP contribution is -2.31. The molecule has 0 N–H and O–H groups in total. The van der Waals surface area contributed by atoms with Crippen molar-refractivity contribution < 1.29 is 4.79 Å². The first kappa shape index (κ1) is 14.3. The van der Waals surface area contributed by atoms with Gasteiger partial charge in [-0.05, 0) is 30.5 Å². The number of amides is 1. The van der Waals surface area contributed by atoms with Gasteiger partial charge < -0.3 is 4.90 Å². The van der Waals surface area contributed by atoms with Crippen molar-refractivity contribution in [2.45, 2.75) is 18.9 Å². The summed E-state index contributed by atoms with van der Waals surface area (Å²) in [7, 11) is 0. The van der Waals surface area contributed by atoms with Crippen LogP contribution in [0.1, 0.15) is 34.9 Å². The maximum absolute atomic E-state index is 12.5. The number of carbonyl (C=O) groups is 1. The van der Waals surface area contributed by atoms with Crippen molar-refractivity contribution in [1.29, 1.82) is 0 Å². The molecule has 0 bridgehead atoms. The predicted molar refractivity (Wildman–Crippen MR) is 81.5 cm³/mol. The molecule has 1 aliphatic rings. The second-order valence-electron chi connectivity index (χ2n) is 4.92. The first-order valence-corrected chi connectivity index (χ1v) is 7.44. The summed E-state index contributed by atoms with van der Waals surface area (Å²) in [5.74, 6) is -0.100. The van der Waals surface area contributed by atoms with E-state index in [0.717, 1.165) is 18.4 Å². The molecule has 1 aromatic carbocycles. The number of hydrogen-bond donors (Lipinski definition) is 0. The molecule has 0 aliphatic carbocycles. The molecular formula is C15H13Cl2N3O. The molecular weight excluding hydrogens is 309 g/mol. The van der Waals surface area contributed by atoms with Gasteiger partial charge in [0.1, 0.15) is 5.69 Å². The van der Waals surface area contributed by atoms with Gasteiger partial charge in [-0.15, -0.1) is 0 Å². The number of rotatable bonds is 2. The first-order chi connectivity index (χ1) is 10.2. The highest BCUT2D eigenvalue weighted by Gasteiger charge is 2.31. The van der Waals surface area contributed by atoms with E-state index >= 15 is 0 Å². The molecule has 21 heavy (non-hydrogen) atoms. The molecule has 6 heteroatoms. The number of hydrogen-bond acceptors (Lipinski definition) is 3. The van der Waals surface area contributed by atoms with Crippen LogP contribution in [0.4, 0.5) is 0 Å². The van der Waals surface area contributed by atoms with Gasteiger partial charge in [-0.3, -0.25) is 9.78 Å². The highest BCUT2D eigenvalue weighted by molar-refractivity contribution is 6.42. The third-order valence-electron chi connectivity index (χ3n) is 3.62. The van der Waals surface area contributed by atoms with Crippen molar-refractivity contribution in [3.05, 3.63) is 58.1 Å². The van der Waals surface area contributed by atoms with E-state index in [1.165, 1.54) is 12.4 Å². The molecule has 1 aromatic heterocycles. The van der Waals surface area contributed by atoms with Crippen molar-refractivity contribution in [1.82, 2.24) is 14.9 Å². The Labute approximate surface area is 132 Å². The summed E-state index contributed by atoms with van der Waals surface area (Å²) in [5.41, 5.74) is 1.36. The monoisotopic (exact) mass is 321 g/mol. The molecule has 2 heterocycles. The number of nitrogens with zero attached hydrogens (tertiary/aromatic N) is 3. The van der Waals surface area contributed by atoms with Crippen LogP contribution in [-0.4, -0.2) is 27.3 Å². The zero-order valence-electron chi connectivity index (χ0n) is 11.2. The average Bonchev–Trinajstić information content (AvgIpc) is 2.99. The maximum atomic E-state index is 12.5. The molecule has 0 saturated carbocycles. The van der Waals surface area contributed by atoms with Crippen molar-refractivity contribution in [3.63, 3.8) is 0 Å². The van der Waals surface area contributed by atoms with Crippen LogP contribution in [-0.2, 0) is 0 Å². The maximum Gasteiger partial charge on any atom is 0.274 e. The quantitative estimate of drug-likeness (QED) is 0.846. The highest BCUT2D eigenvalue weighted by atomic mass is 35.5. The van der Waals surface area contributed by atoms with Gasteiger partial charge in [-0.25, -0.2) is 4.98 Å². The van der Waals surface area contributed by atoms with Crippen LogP contribution < -0.4 is 0 Å². The highest BCUT2D eigenvalue weighted by Crippen LogP contribution is 2.35. The number of aromatic nitrogens is 2. The largest absolute Gasteiger partial charge is 0.330 e. The Hall–Kier alpha value is -1.65. The van der Waals surface area contributed by atoms with E-state index in [4.69, 9.17) is 23.2 Å². The molecule has 1 amide bonds. The second-order valence-corrected chi connectivity index (χ2v) is 5.74. The molecule has 0 spiro atoms. The third kappa shape index (κ3) is 2.87. The van der Waals surface area contributed by atoms with Crippen LogP contribution in [0.15, 0.2) is 36.8 Å². The number of halogens is 2. The Kier molecular flexibility index (Phi) is 4.08. The molecule has 1 fully saturated rings. The molecule has 1 atom stereocenters. The minimum Gasteiger partial charge on any atom is -0.330 e. The van der Waals surface area contributed by atoms with Crippen LogP contribution in [0.2, 0.25) is 10.0 Å². The lowest BCUT2D eigenvalue weighted by molar-refractivity contribution is 0.0729. The minimum absolute atomic E-state index is 0.00859. The van der Waals surface area contributed by atoms with Crippen LogP contribution in [0.25, 0.3) is 0 Å². The van der Waals surface area contributed by atoms with Crippen molar-refractivity contribution >= 4 is 29.1 Å². The van der Waals surface area contributed by atoms with E-state index < -0.39 is 0 Å². The SMILES string of the molecule is O=C(c1cnccn1)N1CCC[C@H]1c1ccc(Cl)c(Cl)c1. The summed E-state index contributed by atoms with van der Waals surface area (Å²) < 4.78 is 0. The van der Waals surface area contributed by atoms with Gasteiger partial charge in [0.2, 0.25) is 0 Å². The Bertz CT molecular complexity index is 663. The van der Waals surface area contributed by atoms with Crippen molar-refractivity contribution in [2.75, 3.05) is 6.54 Å². The summed E-state index contributed by atoms with van der Waals surface area (Å²) in [6.45, 7) is 0.709. The Morgan fingerprint density at radius 1 is 1.24 bits per heavy atom. The van der Waals surface area contributed by atoms with E-state index in [0.29, 0.717) is 22.3 Å². The van der Waals surface area contributed by atoms with Crippen molar-refractivity contribution in [2.24, 2.45) is 0 Å². The molecule has 108 valence electrons. The fourth-order valence-corrected chi connectivity index (χ4v) is 2.94. The molecule has 3 rings (SSSR count). The third-order valence-corrected chi connectivity index (χ3v) is 4.36. The van der Waals surface area contributed by atoms with Gasteiger partial charge in [0, 0.05) is 18.9 Å². The molecule has 1 saturated heterocycles. The van der Waals surface area contributed by atoms with Gasteiger partial charge in [0.15, 0.2) is 0 Å². The van der Waals surface area contributed by atoms with E-state index in [9.17, 15) is 4.79 Å². The summed E-state index contributed by atoms with van der Waals surface area (Å²) in [6.07, 6.45) is 6.43. The van der Waals surface area contributed by atoms with E-state index in [1.807, 2.05) is 17.0 Å². The van der Waals surface area contributed by atoms with E-state index in [1.54, 1.807) is 12.3 Å². The number of likely N-dealkylation sites (tertiary alicyclic amines) is 1. The Balaban J connectivity index is 1.88. The fraction of sp³-hybridized carbons (Fsp3) is 0.267. The van der Waals surface area contributed by atoms with Gasteiger partial charge >= 0.3 is 0 Å². The van der Waals surface area contributed by atoms with Gasteiger partial charge in [0.05, 0.1) is 22.3 Å². The molecule has 4 nitrogen and oxygen atoms in total. The molecule has 2 aromatic rings. The number of carbonyl (C=O) groups excluding carboxylic acids is 1. The fourth-order valence-electron chi connectivity index (χ4n) is 2.63. The smallest absolute Gasteiger partial charge is 0.274 e. The summed E-state index contributed by atoms with van der Waals surface area (Å²) >= 11 is 12.0. The van der Waals surface area contributed by atoms with Crippen LogP contribution in [0.5, 0.6) is 0 Å². The van der Waals surface area contributed by atoms with Crippen LogP contribution >= 0.6 is 23.2 Å². The summed E-state index contributed by atoms with van der Waals surface area (Å²) in [5, 5.41) is 1.03. The zero-order valence-corrected chi connectivity index (χ0v) is 12.7. The standard InChI is InChI=1S/C15H13Cl2N3O/c16-11-4-3-10(8-12(11)17)14-2-1-7-20(14)15(21)13-9-18-5-6-19-13/h3-6,8-9,14H,1-2,7H2/t14-/m0/s1. The predicted octanol–water partition coefficient (Wildman–Crippen LogP) is 3.76. The van der Waals surface area contributed by atoms with E-state index in [2.05, 4.69) is 9.97 Å². The molecule has 0 unspecified atom stereocenters. The number of benzene rings is 1. The van der Waals surface area contributed by atoms with Crippen LogP contribution in [0.3, 0.4) is 0 Å².